The van der Waals surface area contributed by atoms with Crippen LogP contribution >= 0.6 is 11.3 Å². The number of aromatic nitrogens is 3. The second-order valence-electron chi connectivity index (χ2n) is 8.14. The van der Waals surface area contributed by atoms with Crippen LogP contribution in [-0.4, -0.2) is 65.5 Å². The van der Waals surface area contributed by atoms with Crippen molar-refractivity contribution < 1.29 is 21.9 Å². The number of benzene rings is 2. The van der Waals surface area contributed by atoms with Gasteiger partial charge in [0.05, 0.1) is 23.3 Å². The van der Waals surface area contributed by atoms with Crippen LogP contribution in [0.1, 0.15) is 5.69 Å². The monoisotopic (exact) mass is 533 g/mol. The number of sulfonamides is 1. The van der Waals surface area contributed by atoms with Crippen LogP contribution in [0, 0.1) is 11.6 Å². The summed E-state index contributed by atoms with van der Waals surface area (Å²) in [5.74, 6) is -1.67. The first-order valence-electron chi connectivity index (χ1n) is 11.0. The molecule has 0 unspecified atom stereocenters. The van der Waals surface area contributed by atoms with Gasteiger partial charge >= 0.3 is 0 Å². The van der Waals surface area contributed by atoms with Crippen molar-refractivity contribution in [3.63, 3.8) is 0 Å². The molecule has 1 fully saturated rings. The molecule has 13 heteroatoms. The van der Waals surface area contributed by atoms with Crippen molar-refractivity contribution in [3.05, 3.63) is 76.2 Å². The molecule has 2 aromatic heterocycles. The zero-order valence-electron chi connectivity index (χ0n) is 19.1. The van der Waals surface area contributed by atoms with Gasteiger partial charge in [0, 0.05) is 38.8 Å². The highest BCUT2D eigenvalue weighted by atomic mass is 32.2. The van der Waals surface area contributed by atoms with E-state index >= 15 is 0 Å². The molecule has 188 valence electrons. The standard InChI is InChI=1S/C23H21F2N5O4S2/c1-34-20-5-3-2-4-17(20)22-27-30-21(31)12-15(26-23(30)35-22)14-28-8-10-29(11-9-28)36(32,33)16-6-7-18(24)19(25)13-16/h2-7,12-13H,8-11,14H2,1H3. The molecule has 2 aromatic carbocycles. The fraction of sp³-hybridized carbons (Fsp3) is 0.261. The lowest BCUT2D eigenvalue weighted by molar-refractivity contribution is 0.180. The second-order valence-corrected chi connectivity index (χ2v) is 11.0. The van der Waals surface area contributed by atoms with Gasteiger partial charge in [-0.25, -0.2) is 22.2 Å². The van der Waals surface area contributed by atoms with Crippen LogP contribution in [0.2, 0.25) is 0 Å². The lowest BCUT2D eigenvalue weighted by Gasteiger charge is -2.33. The molecule has 0 bridgehead atoms. The van der Waals surface area contributed by atoms with Crippen LogP contribution in [0.5, 0.6) is 5.75 Å². The molecule has 1 saturated heterocycles. The van der Waals surface area contributed by atoms with Crippen molar-refractivity contribution in [2.45, 2.75) is 11.4 Å². The Labute approximate surface area is 209 Å². The van der Waals surface area contributed by atoms with E-state index in [0.29, 0.717) is 47.1 Å². The van der Waals surface area contributed by atoms with Crippen molar-refractivity contribution in [2.24, 2.45) is 0 Å². The van der Waals surface area contributed by atoms with E-state index in [1.807, 2.05) is 29.2 Å². The van der Waals surface area contributed by atoms with E-state index in [-0.39, 0.29) is 23.5 Å². The number of nitrogens with zero attached hydrogens (tertiary/aromatic N) is 5. The number of methoxy groups -OCH3 is 1. The van der Waals surface area contributed by atoms with Gasteiger partial charge in [0.2, 0.25) is 15.0 Å². The van der Waals surface area contributed by atoms with Crippen LogP contribution < -0.4 is 10.3 Å². The maximum atomic E-state index is 13.6. The van der Waals surface area contributed by atoms with E-state index in [2.05, 4.69) is 10.1 Å². The third-order valence-electron chi connectivity index (χ3n) is 5.88. The van der Waals surface area contributed by atoms with Gasteiger partial charge in [-0.3, -0.25) is 9.69 Å². The van der Waals surface area contributed by atoms with Gasteiger partial charge in [0.1, 0.15) is 5.75 Å². The van der Waals surface area contributed by atoms with Crippen LogP contribution in [0.15, 0.2) is 58.2 Å². The van der Waals surface area contributed by atoms with E-state index in [0.717, 1.165) is 17.7 Å². The second kappa shape index (κ2) is 9.65. The number of piperazine rings is 1. The number of ether oxygens (including phenoxy) is 1. The fourth-order valence-electron chi connectivity index (χ4n) is 4.01. The Kier molecular flexibility index (Phi) is 6.55. The maximum absolute atomic E-state index is 13.6. The summed E-state index contributed by atoms with van der Waals surface area (Å²) >= 11 is 1.27. The van der Waals surface area contributed by atoms with E-state index in [9.17, 15) is 22.0 Å². The number of halogens is 2. The number of fused-ring (bicyclic) bond motifs is 1. The molecule has 1 aliphatic rings. The van der Waals surface area contributed by atoms with Gasteiger partial charge in [-0.15, -0.1) is 0 Å². The summed E-state index contributed by atoms with van der Waals surface area (Å²) < 4.78 is 60.3. The molecule has 9 nitrogen and oxygen atoms in total. The summed E-state index contributed by atoms with van der Waals surface area (Å²) in [5, 5.41) is 5.00. The summed E-state index contributed by atoms with van der Waals surface area (Å²) in [6.07, 6.45) is 0. The SMILES string of the molecule is COc1ccccc1-c1nn2c(=O)cc(CN3CCN(S(=O)(=O)c4ccc(F)c(F)c4)CC3)nc2s1. The lowest BCUT2D eigenvalue weighted by Crippen LogP contribution is -2.48. The number of hydrogen-bond acceptors (Lipinski definition) is 8. The molecule has 0 atom stereocenters. The molecule has 1 aliphatic heterocycles. The summed E-state index contributed by atoms with van der Waals surface area (Å²) in [5.41, 5.74) is 0.994. The molecule has 0 aliphatic carbocycles. The predicted molar refractivity (Wildman–Crippen MR) is 130 cm³/mol. The van der Waals surface area contributed by atoms with Crippen LogP contribution in [-0.2, 0) is 16.6 Å². The quantitative estimate of drug-likeness (QED) is 0.376. The van der Waals surface area contributed by atoms with Gasteiger partial charge in [-0.2, -0.15) is 13.9 Å². The normalized spacial score (nSPS) is 15.4. The van der Waals surface area contributed by atoms with Gasteiger partial charge < -0.3 is 4.74 Å². The molecule has 3 heterocycles. The van der Waals surface area contributed by atoms with Crippen LogP contribution in [0.25, 0.3) is 15.5 Å². The van der Waals surface area contributed by atoms with Gasteiger partial charge in [0.25, 0.3) is 5.56 Å². The number of para-hydroxylation sites is 1. The number of hydrogen-bond donors (Lipinski definition) is 0. The number of rotatable bonds is 6. The molecule has 5 rings (SSSR count). The minimum Gasteiger partial charge on any atom is -0.496 e. The van der Waals surface area contributed by atoms with Gasteiger partial charge in [0.15, 0.2) is 16.6 Å². The molecular weight excluding hydrogens is 512 g/mol. The van der Waals surface area contributed by atoms with Crippen LogP contribution in [0.3, 0.4) is 0 Å². The Hall–Kier alpha value is -3.26. The summed E-state index contributed by atoms with van der Waals surface area (Å²) in [7, 11) is -2.38. The Balaban J connectivity index is 1.31. The first-order chi connectivity index (χ1) is 17.3. The average Bonchev–Trinajstić information content (AvgIpc) is 3.30. The van der Waals surface area contributed by atoms with Crippen molar-refractivity contribution in [1.82, 2.24) is 23.8 Å². The zero-order valence-corrected chi connectivity index (χ0v) is 20.7. The minimum atomic E-state index is -3.95. The Morgan fingerprint density at radius 2 is 1.78 bits per heavy atom. The fourth-order valence-corrected chi connectivity index (χ4v) is 6.40. The largest absolute Gasteiger partial charge is 0.496 e. The first-order valence-corrected chi connectivity index (χ1v) is 13.2. The van der Waals surface area contributed by atoms with Crippen LogP contribution in [0.4, 0.5) is 8.78 Å². The maximum Gasteiger partial charge on any atom is 0.275 e. The highest BCUT2D eigenvalue weighted by Crippen LogP contribution is 2.32. The van der Waals surface area contributed by atoms with Crippen molar-refractivity contribution >= 4 is 26.3 Å². The highest BCUT2D eigenvalue weighted by molar-refractivity contribution is 7.89. The molecule has 0 radical (unpaired) electrons. The van der Waals surface area contributed by atoms with Gasteiger partial charge in [-0.1, -0.05) is 23.5 Å². The molecular formula is C23H21F2N5O4S2. The summed E-state index contributed by atoms with van der Waals surface area (Å²) in [6.45, 7) is 1.47. The van der Waals surface area contributed by atoms with Crippen molar-refractivity contribution in [3.8, 4) is 16.3 Å². The zero-order chi connectivity index (χ0) is 25.4. The summed E-state index contributed by atoms with van der Waals surface area (Å²) in [4.78, 5) is 19.4. The minimum absolute atomic E-state index is 0.168. The Bertz CT molecular complexity index is 1600. The molecule has 36 heavy (non-hydrogen) atoms. The topological polar surface area (TPSA) is 97.1 Å². The van der Waals surface area contributed by atoms with E-state index < -0.39 is 21.7 Å². The van der Waals surface area contributed by atoms with E-state index in [1.54, 1.807) is 7.11 Å². The Morgan fingerprint density at radius 1 is 1.03 bits per heavy atom. The lowest BCUT2D eigenvalue weighted by atomic mass is 10.2. The third-order valence-corrected chi connectivity index (χ3v) is 8.72. The predicted octanol–water partition coefficient (Wildman–Crippen LogP) is 2.61. The van der Waals surface area contributed by atoms with Crippen molar-refractivity contribution in [2.75, 3.05) is 33.3 Å². The van der Waals surface area contributed by atoms with Gasteiger partial charge in [-0.05, 0) is 30.3 Å². The highest BCUT2D eigenvalue weighted by Gasteiger charge is 2.29. The third kappa shape index (κ3) is 4.62. The van der Waals surface area contributed by atoms with E-state index in [4.69, 9.17) is 4.74 Å². The first kappa shape index (κ1) is 24.4. The average molecular weight is 534 g/mol. The molecule has 0 spiro atoms. The van der Waals surface area contributed by atoms with E-state index in [1.165, 1.54) is 26.2 Å². The van der Waals surface area contributed by atoms with Crippen molar-refractivity contribution in [1.29, 1.82) is 0 Å². The molecule has 0 amide bonds. The Morgan fingerprint density at radius 3 is 2.50 bits per heavy atom. The molecule has 0 N–H and O–H groups in total. The summed E-state index contributed by atoms with van der Waals surface area (Å²) in [6, 6.07) is 11.4. The smallest absolute Gasteiger partial charge is 0.275 e. The molecule has 4 aromatic rings. The molecule has 0 saturated carbocycles.